The highest BCUT2D eigenvalue weighted by atomic mass is 35.5. The van der Waals surface area contributed by atoms with Crippen molar-refractivity contribution in [3.05, 3.63) is 70.7 Å². The molecule has 0 unspecified atom stereocenters. The van der Waals surface area contributed by atoms with Gasteiger partial charge in [0.05, 0.1) is 12.6 Å². The van der Waals surface area contributed by atoms with E-state index in [-0.39, 0.29) is 12.6 Å². The van der Waals surface area contributed by atoms with Gasteiger partial charge < -0.3 is 0 Å². The maximum Gasteiger partial charge on any atom is 0.218 e. The number of nitrogens with one attached hydrogen (secondary N) is 1. The molecule has 0 radical (unpaired) electrons. The monoisotopic (exact) mass is 380 g/mol. The van der Waals surface area contributed by atoms with Gasteiger partial charge in [-0.15, -0.1) is 0 Å². The number of hydrogen-bond acceptors (Lipinski definition) is 4. The lowest BCUT2D eigenvalue weighted by atomic mass is 10.0. The van der Waals surface area contributed by atoms with Gasteiger partial charge in [0.1, 0.15) is 5.25 Å². The summed E-state index contributed by atoms with van der Waals surface area (Å²) in [6.45, 7) is 0.490. The highest BCUT2D eigenvalue weighted by Gasteiger charge is 2.42. The minimum absolute atomic E-state index is 0.129. The van der Waals surface area contributed by atoms with Crippen LogP contribution in [0.4, 0.5) is 0 Å². The highest BCUT2D eigenvalue weighted by molar-refractivity contribution is 7.90. The summed E-state index contributed by atoms with van der Waals surface area (Å²) < 4.78 is 28.3. The number of hydrogen-bond donors (Lipinski definition) is 1. The summed E-state index contributed by atoms with van der Waals surface area (Å²) in [7, 11) is -1.77. The van der Waals surface area contributed by atoms with Crippen LogP contribution in [0.1, 0.15) is 17.2 Å². The molecule has 0 saturated carbocycles. The Morgan fingerprint density at radius 3 is 2.52 bits per heavy atom. The first-order chi connectivity index (χ1) is 12.0. The molecule has 1 N–H and O–H groups in total. The molecule has 2 aromatic rings. The molecule has 1 aliphatic heterocycles. The van der Waals surface area contributed by atoms with Crippen LogP contribution in [0.2, 0.25) is 5.02 Å². The average molecular weight is 381 g/mol. The third-order valence-corrected chi connectivity index (χ3v) is 6.41. The molecule has 0 spiro atoms. The van der Waals surface area contributed by atoms with Gasteiger partial charge in [-0.2, -0.15) is 5.06 Å². The summed E-state index contributed by atoms with van der Waals surface area (Å²) in [5.41, 5.74) is 1.96. The molecule has 7 heteroatoms. The van der Waals surface area contributed by atoms with Crippen LogP contribution in [0.25, 0.3) is 0 Å². The molecule has 0 bridgehead atoms. The molecule has 1 saturated heterocycles. The van der Waals surface area contributed by atoms with E-state index in [2.05, 4.69) is 4.72 Å². The Morgan fingerprint density at radius 2 is 1.84 bits per heavy atom. The summed E-state index contributed by atoms with van der Waals surface area (Å²) in [5, 5.41) is 1.55. The number of nitrogens with zero attached hydrogens (tertiary/aromatic N) is 1. The van der Waals surface area contributed by atoms with E-state index >= 15 is 0 Å². The van der Waals surface area contributed by atoms with E-state index in [9.17, 15) is 8.42 Å². The first-order valence-electron chi connectivity index (χ1n) is 8.11. The van der Waals surface area contributed by atoms with Gasteiger partial charge in [-0.1, -0.05) is 54.1 Å². The second kappa shape index (κ2) is 7.85. The van der Waals surface area contributed by atoms with E-state index in [1.165, 1.54) is 0 Å². The molecular formula is C18H21ClN2O3S. The third kappa shape index (κ3) is 4.40. The minimum atomic E-state index is -3.52. The van der Waals surface area contributed by atoms with Gasteiger partial charge in [0.15, 0.2) is 0 Å². The molecule has 25 heavy (non-hydrogen) atoms. The largest absolute Gasteiger partial charge is 0.297 e. The fourth-order valence-corrected chi connectivity index (χ4v) is 4.66. The van der Waals surface area contributed by atoms with Crippen molar-refractivity contribution in [1.29, 1.82) is 0 Å². The number of halogens is 1. The Bertz CT molecular complexity index is 797. The van der Waals surface area contributed by atoms with Crippen molar-refractivity contribution < 1.29 is 13.3 Å². The average Bonchev–Trinajstić information content (AvgIpc) is 2.99. The summed E-state index contributed by atoms with van der Waals surface area (Å²) >= 11 is 5.93. The van der Waals surface area contributed by atoms with Gasteiger partial charge in [-0.25, -0.2) is 13.1 Å². The molecule has 2 aromatic carbocycles. The van der Waals surface area contributed by atoms with Crippen LogP contribution in [0.15, 0.2) is 54.6 Å². The summed E-state index contributed by atoms with van der Waals surface area (Å²) in [6.07, 6.45) is 0.648. The summed E-state index contributed by atoms with van der Waals surface area (Å²) in [4.78, 5) is 5.49. The van der Waals surface area contributed by atoms with Crippen LogP contribution in [0, 0.1) is 0 Å². The van der Waals surface area contributed by atoms with Gasteiger partial charge >= 0.3 is 0 Å². The van der Waals surface area contributed by atoms with E-state index in [4.69, 9.17) is 16.4 Å². The molecule has 0 amide bonds. The molecule has 134 valence electrons. The highest BCUT2D eigenvalue weighted by Crippen LogP contribution is 2.33. The van der Waals surface area contributed by atoms with Gasteiger partial charge in [0.2, 0.25) is 10.0 Å². The first-order valence-corrected chi connectivity index (χ1v) is 10.0. The molecule has 2 atom stereocenters. The minimum Gasteiger partial charge on any atom is -0.297 e. The Morgan fingerprint density at radius 1 is 1.16 bits per heavy atom. The van der Waals surface area contributed by atoms with Crippen LogP contribution in [0.5, 0.6) is 0 Å². The lowest BCUT2D eigenvalue weighted by Crippen LogP contribution is -2.40. The Kier molecular flexibility index (Phi) is 5.76. The molecule has 1 aliphatic rings. The van der Waals surface area contributed by atoms with E-state index in [1.54, 1.807) is 24.2 Å². The van der Waals surface area contributed by atoms with Crippen molar-refractivity contribution in [3.8, 4) is 0 Å². The Balaban J connectivity index is 1.70. The second-order valence-corrected chi connectivity index (χ2v) is 8.47. The molecule has 0 aromatic heterocycles. The zero-order valence-corrected chi connectivity index (χ0v) is 15.5. The van der Waals surface area contributed by atoms with Crippen LogP contribution >= 0.6 is 11.6 Å². The predicted octanol–water partition coefficient (Wildman–Crippen LogP) is 2.79. The molecule has 0 aliphatic carbocycles. The lowest BCUT2D eigenvalue weighted by molar-refractivity contribution is -0.110. The van der Waals surface area contributed by atoms with E-state index in [0.717, 1.165) is 11.1 Å². The molecule has 5 nitrogen and oxygen atoms in total. The van der Waals surface area contributed by atoms with Crippen molar-refractivity contribution in [2.24, 2.45) is 0 Å². The second-order valence-electron chi connectivity index (χ2n) is 6.05. The zero-order chi connectivity index (χ0) is 17.9. The molecule has 3 rings (SSSR count). The van der Waals surface area contributed by atoms with Crippen LogP contribution in [-0.2, 0) is 21.3 Å². The van der Waals surface area contributed by atoms with E-state index in [0.29, 0.717) is 18.0 Å². The fourth-order valence-electron chi connectivity index (χ4n) is 3.03. The third-order valence-electron chi connectivity index (χ3n) is 4.36. The quantitative estimate of drug-likeness (QED) is 0.837. The Hall–Kier alpha value is -1.44. The topological polar surface area (TPSA) is 58.6 Å². The number of sulfonamides is 1. The normalized spacial score (nSPS) is 21.5. The van der Waals surface area contributed by atoms with Gasteiger partial charge in [0, 0.05) is 18.6 Å². The van der Waals surface area contributed by atoms with Gasteiger partial charge in [-0.3, -0.25) is 4.84 Å². The van der Waals surface area contributed by atoms with E-state index in [1.807, 2.05) is 42.5 Å². The van der Waals surface area contributed by atoms with Gasteiger partial charge in [-0.05, 0) is 29.7 Å². The lowest BCUT2D eigenvalue weighted by Gasteiger charge is -2.23. The maximum atomic E-state index is 12.8. The SMILES string of the molecule is CN1OC[C@@H](S(=O)(=O)NCCc2ccccc2)[C@H]1c1ccc(Cl)cc1. The first kappa shape index (κ1) is 18.4. The molecule has 1 heterocycles. The Labute approximate surface area is 153 Å². The number of rotatable bonds is 6. The smallest absolute Gasteiger partial charge is 0.218 e. The van der Waals surface area contributed by atoms with Crippen LogP contribution in [0.3, 0.4) is 0 Å². The van der Waals surface area contributed by atoms with E-state index < -0.39 is 15.3 Å². The predicted molar refractivity (Wildman–Crippen MR) is 98.8 cm³/mol. The summed E-state index contributed by atoms with van der Waals surface area (Å²) in [5.74, 6) is 0. The van der Waals surface area contributed by atoms with Crippen molar-refractivity contribution in [2.45, 2.75) is 17.7 Å². The molecule has 1 fully saturated rings. The van der Waals surface area contributed by atoms with Crippen molar-refractivity contribution in [2.75, 3.05) is 20.2 Å². The number of benzene rings is 2. The summed E-state index contributed by atoms with van der Waals surface area (Å²) in [6, 6.07) is 16.6. The van der Waals surface area contributed by atoms with Gasteiger partial charge in [0.25, 0.3) is 0 Å². The number of hydroxylamine groups is 2. The maximum absolute atomic E-state index is 12.8. The van der Waals surface area contributed by atoms with Crippen LogP contribution < -0.4 is 4.72 Å². The van der Waals surface area contributed by atoms with Crippen molar-refractivity contribution in [1.82, 2.24) is 9.79 Å². The van der Waals surface area contributed by atoms with Crippen LogP contribution in [-0.4, -0.2) is 38.9 Å². The van der Waals surface area contributed by atoms with Crippen molar-refractivity contribution in [3.63, 3.8) is 0 Å². The standard InChI is InChI=1S/C18H21ClN2O3S/c1-21-18(15-7-9-16(19)10-8-15)17(13-24-21)25(22,23)20-12-11-14-5-3-2-4-6-14/h2-10,17-18,20H,11-13H2,1H3/t17-,18-/m1/s1. The zero-order valence-electron chi connectivity index (χ0n) is 13.9. The fraction of sp³-hybridized carbons (Fsp3) is 0.333. The van der Waals surface area contributed by atoms with Crippen molar-refractivity contribution >= 4 is 21.6 Å². The molecular weight excluding hydrogens is 360 g/mol.